The summed E-state index contributed by atoms with van der Waals surface area (Å²) in [6, 6.07) is 4.41. The molecule has 0 saturated heterocycles. The maximum atomic E-state index is 13.2. The van der Waals surface area contributed by atoms with Gasteiger partial charge >= 0.3 is 6.18 Å². The fraction of sp³-hybridized carbons (Fsp3) is 0.500. The number of ether oxygens (including phenoxy) is 1. The second kappa shape index (κ2) is 5.77. The molecule has 0 N–H and O–H groups in total. The van der Waals surface area contributed by atoms with E-state index in [4.69, 9.17) is 4.74 Å². The third-order valence-corrected chi connectivity index (χ3v) is 4.58. The minimum absolute atomic E-state index is 0.387. The van der Waals surface area contributed by atoms with Crippen molar-refractivity contribution in [2.45, 2.75) is 38.7 Å². The van der Waals surface area contributed by atoms with Crippen molar-refractivity contribution in [1.29, 1.82) is 0 Å². The summed E-state index contributed by atoms with van der Waals surface area (Å²) in [4.78, 5) is 1.97. The van der Waals surface area contributed by atoms with Crippen LogP contribution in [0.15, 0.2) is 18.2 Å². The van der Waals surface area contributed by atoms with Gasteiger partial charge in [-0.05, 0) is 30.5 Å². The summed E-state index contributed by atoms with van der Waals surface area (Å²) in [5, 5.41) is 8.32. The fourth-order valence-electron chi connectivity index (χ4n) is 3.47. The molecule has 3 heterocycles. The standard InChI is InChI=1S/C16H17F3N4O/c17-16(18,19)12-4-1-5-13-11(12)3-2-6-22(13)9-14-20-21-15-10-24-8-7-23(14)15/h1,4-5H,2-3,6-10H2. The molecule has 128 valence electrons. The van der Waals surface area contributed by atoms with Crippen LogP contribution >= 0.6 is 0 Å². The molecule has 0 amide bonds. The molecule has 0 bridgehead atoms. The molecule has 0 saturated carbocycles. The van der Waals surface area contributed by atoms with Crippen LogP contribution in [0.5, 0.6) is 0 Å². The number of alkyl halides is 3. The summed E-state index contributed by atoms with van der Waals surface area (Å²) >= 11 is 0. The highest BCUT2D eigenvalue weighted by atomic mass is 19.4. The molecule has 1 aromatic carbocycles. The molecule has 2 aromatic rings. The van der Waals surface area contributed by atoms with Gasteiger partial charge in [-0.25, -0.2) is 0 Å². The molecule has 0 atom stereocenters. The third-order valence-electron chi connectivity index (χ3n) is 4.58. The van der Waals surface area contributed by atoms with Gasteiger partial charge < -0.3 is 14.2 Å². The Morgan fingerprint density at radius 3 is 2.88 bits per heavy atom. The predicted octanol–water partition coefficient (Wildman–Crippen LogP) is 2.78. The SMILES string of the molecule is FC(F)(F)c1cccc2c1CCCN2Cc1nnc2n1CCOC2. The van der Waals surface area contributed by atoms with Crippen LogP contribution in [0.1, 0.15) is 29.2 Å². The molecular formula is C16H17F3N4O. The van der Waals surface area contributed by atoms with Gasteiger partial charge in [0, 0.05) is 18.8 Å². The fourth-order valence-corrected chi connectivity index (χ4v) is 3.47. The molecule has 0 unspecified atom stereocenters. The Kier molecular flexibility index (Phi) is 3.71. The van der Waals surface area contributed by atoms with Crippen LogP contribution in [-0.4, -0.2) is 27.9 Å². The van der Waals surface area contributed by atoms with Crippen molar-refractivity contribution in [3.8, 4) is 0 Å². The number of halogens is 3. The smallest absolute Gasteiger partial charge is 0.372 e. The lowest BCUT2D eigenvalue weighted by molar-refractivity contribution is -0.138. The van der Waals surface area contributed by atoms with Crippen LogP contribution in [0.3, 0.4) is 0 Å². The van der Waals surface area contributed by atoms with E-state index >= 15 is 0 Å². The summed E-state index contributed by atoms with van der Waals surface area (Å²) in [5.41, 5.74) is 0.514. The number of hydrogen-bond acceptors (Lipinski definition) is 4. The lowest BCUT2D eigenvalue weighted by Gasteiger charge is -2.32. The minimum Gasteiger partial charge on any atom is -0.372 e. The number of anilines is 1. The minimum atomic E-state index is -4.32. The van der Waals surface area contributed by atoms with Gasteiger partial charge in [-0.15, -0.1) is 10.2 Å². The Bertz CT molecular complexity index is 756. The maximum Gasteiger partial charge on any atom is 0.416 e. The molecule has 4 rings (SSSR count). The third kappa shape index (κ3) is 2.64. The highest BCUT2D eigenvalue weighted by molar-refractivity contribution is 5.59. The summed E-state index contributed by atoms with van der Waals surface area (Å²) in [6.07, 6.45) is -3.17. The van der Waals surface area contributed by atoms with Crippen LogP contribution < -0.4 is 4.90 Å². The first kappa shape index (κ1) is 15.4. The van der Waals surface area contributed by atoms with Crippen LogP contribution in [0, 0.1) is 0 Å². The van der Waals surface area contributed by atoms with Gasteiger partial charge in [-0.1, -0.05) is 6.07 Å². The zero-order valence-electron chi connectivity index (χ0n) is 13.0. The van der Waals surface area contributed by atoms with Crippen molar-refractivity contribution < 1.29 is 17.9 Å². The molecule has 0 radical (unpaired) electrons. The monoisotopic (exact) mass is 338 g/mol. The summed E-state index contributed by atoms with van der Waals surface area (Å²) in [5.74, 6) is 1.55. The second-order valence-corrected chi connectivity index (χ2v) is 6.06. The molecule has 2 aliphatic heterocycles. The molecule has 0 spiro atoms. The first-order chi connectivity index (χ1) is 11.5. The van der Waals surface area contributed by atoms with Gasteiger partial charge in [-0.3, -0.25) is 0 Å². The van der Waals surface area contributed by atoms with Crippen molar-refractivity contribution in [3.05, 3.63) is 41.0 Å². The van der Waals surface area contributed by atoms with E-state index in [2.05, 4.69) is 10.2 Å². The first-order valence-electron chi connectivity index (χ1n) is 7.97. The van der Waals surface area contributed by atoms with Crippen molar-refractivity contribution in [1.82, 2.24) is 14.8 Å². The normalized spacial score (nSPS) is 17.5. The lowest BCUT2D eigenvalue weighted by Crippen LogP contribution is -2.32. The molecule has 1 aromatic heterocycles. The summed E-state index contributed by atoms with van der Waals surface area (Å²) < 4.78 is 47.1. The summed E-state index contributed by atoms with van der Waals surface area (Å²) in [7, 11) is 0. The van der Waals surface area contributed by atoms with E-state index in [9.17, 15) is 13.2 Å². The van der Waals surface area contributed by atoms with Gasteiger partial charge in [0.05, 0.1) is 18.7 Å². The number of nitrogens with zero attached hydrogens (tertiary/aromatic N) is 4. The Hall–Kier alpha value is -2.09. The zero-order valence-corrected chi connectivity index (χ0v) is 13.0. The van der Waals surface area contributed by atoms with Gasteiger partial charge in [0.1, 0.15) is 6.61 Å². The van der Waals surface area contributed by atoms with Crippen LogP contribution in [-0.2, 0) is 37.0 Å². The Morgan fingerprint density at radius 1 is 1.17 bits per heavy atom. The highest BCUT2D eigenvalue weighted by Gasteiger charge is 2.35. The number of benzene rings is 1. The van der Waals surface area contributed by atoms with Gasteiger partial charge in [0.2, 0.25) is 0 Å². The second-order valence-electron chi connectivity index (χ2n) is 6.06. The Morgan fingerprint density at radius 2 is 2.04 bits per heavy atom. The zero-order chi connectivity index (χ0) is 16.7. The van der Waals surface area contributed by atoms with E-state index in [0.29, 0.717) is 56.9 Å². The van der Waals surface area contributed by atoms with Gasteiger partial charge in [0.15, 0.2) is 11.6 Å². The Balaban J connectivity index is 1.67. The molecule has 5 nitrogen and oxygen atoms in total. The largest absolute Gasteiger partial charge is 0.416 e. The molecule has 0 aliphatic carbocycles. The lowest BCUT2D eigenvalue weighted by atomic mass is 9.96. The molecule has 8 heteroatoms. The van der Waals surface area contributed by atoms with Crippen molar-refractivity contribution in [2.24, 2.45) is 0 Å². The van der Waals surface area contributed by atoms with E-state index < -0.39 is 11.7 Å². The average molecular weight is 338 g/mol. The Labute approximate surface area is 137 Å². The van der Waals surface area contributed by atoms with E-state index in [1.165, 1.54) is 12.1 Å². The quantitative estimate of drug-likeness (QED) is 0.845. The number of rotatable bonds is 2. The molecular weight excluding hydrogens is 321 g/mol. The highest BCUT2D eigenvalue weighted by Crippen LogP contribution is 2.39. The molecule has 24 heavy (non-hydrogen) atoms. The number of fused-ring (bicyclic) bond motifs is 2. The van der Waals surface area contributed by atoms with E-state index in [0.717, 1.165) is 11.6 Å². The van der Waals surface area contributed by atoms with E-state index in [-0.39, 0.29) is 0 Å². The van der Waals surface area contributed by atoms with Crippen molar-refractivity contribution in [3.63, 3.8) is 0 Å². The van der Waals surface area contributed by atoms with Crippen LogP contribution in [0.4, 0.5) is 18.9 Å². The van der Waals surface area contributed by atoms with Crippen molar-refractivity contribution >= 4 is 5.69 Å². The topological polar surface area (TPSA) is 43.2 Å². The maximum absolute atomic E-state index is 13.2. The number of hydrogen-bond donors (Lipinski definition) is 0. The number of aromatic nitrogens is 3. The molecule has 2 aliphatic rings. The summed E-state index contributed by atoms with van der Waals surface area (Å²) in [6.45, 7) is 2.89. The van der Waals surface area contributed by atoms with Gasteiger partial charge in [-0.2, -0.15) is 13.2 Å². The van der Waals surface area contributed by atoms with Crippen LogP contribution in [0.2, 0.25) is 0 Å². The predicted molar refractivity (Wildman–Crippen MR) is 80.5 cm³/mol. The van der Waals surface area contributed by atoms with Crippen LogP contribution in [0.25, 0.3) is 0 Å². The average Bonchev–Trinajstić information content (AvgIpc) is 2.97. The van der Waals surface area contributed by atoms with Crippen molar-refractivity contribution in [2.75, 3.05) is 18.1 Å². The van der Waals surface area contributed by atoms with E-state index in [1.807, 2.05) is 9.47 Å². The first-order valence-corrected chi connectivity index (χ1v) is 7.97. The molecule has 0 fully saturated rings. The van der Waals surface area contributed by atoms with E-state index in [1.54, 1.807) is 6.07 Å². The van der Waals surface area contributed by atoms with Gasteiger partial charge in [0.25, 0.3) is 0 Å².